The van der Waals surface area contributed by atoms with Crippen molar-refractivity contribution in [3.05, 3.63) is 77.0 Å². The van der Waals surface area contributed by atoms with E-state index in [-0.39, 0.29) is 17.6 Å². The Kier molecular flexibility index (Phi) is 4.46. The summed E-state index contributed by atoms with van der Waals surface area (Å²) in [4.78, 5) is 27.6. The van der Waals surface area contributed by atoms with E-state index in [9.17, 15) is 9.59 Å². The van der Waals surface area contributed by atoms with Gasteiger partial charge in [0.15, 0.2) is 5.78 Å². The van der Waals surface area contributed by atoms with E-state index < -0.39 is 0 Å². The van der Waals surface area contributed by atoms with E-state index in [0.29, 0.717) is 12.8 Å². The Morgan fingerprint density at radius 3 is 2.38 bits per heavy atom. The SMILES string of the molecule is CCc1ccc(C2CC(=O)N(c3ccccc3)C3=C2C(=O)CCC3)cc1. The molecule has 1 heterocycles. The predicted octanol–water partition coefficient (Wildman–Crippen LogP) is 4.78. The molecule has 132 valence electrons. The molecule has 0 aromatic heterocycles. The van der Waals surface area contributed by atoms with Gasteiger partial charge in [0.2, 0.25) is 5.91 Å². The highest BCUT2D eigenvalue weighted by Crippen LogP contribution is 2.43. The zero-order valence-corrected chi connectivity index (χ0v) is 15.1. The summed E-state index contributed by atoms with van der Waals surface area (Å²) in [7, 11) is 0. The number of rotatable bonds is 3. The van der Waals surface area contributed by atoms with Crippen molar-refractivity contribution in [1.82, 2.24) is 0 Å². The lowest BCUT2D eigenvalue weighted by molar-refractivity contribution is -0.119. The van der Waals surface area contributed by atoms with Gasteiger partial charge in [-0.15, -0.1) is 0 Å². The molecule has 1 aliphatic carbocycles. The quantitative estimate of drug-likeness (QED) is 0.803. The molecule has 0 N–H and O–H groups in total. The van der Waals surface area contributed by atoms with Gasteiger partial charge in [0, 0.05) is 35.7 Å². The van der Waals surface area contributed by atoms with Gasteiger partial charge in [0.1, 0.15) is 0 Å². The zero-order chi connectivity index (χ0) is 18.1. The normalized spacial score (nSPS) is 20.3. The third-order valence-corrected chi connectivity index (χ3v) is 5.48. The van der Waals surface area contributed by atoms with Crippen LogP contribution in [0.3, 0.4) is 0 Å². The number of aryl methyl sites for hydroxylation is 1. The third kappa shape index (κ3) is 2.88. The molecule has 1 atom stereocenters. The summed E-state index contributed by atoms with van der Waals surface area (Å²) >= 11 is 0. The summed E-state index contributed by atoms with van der Waals surface area (Å²) in [5, 5.41) is 0. The van der Waals surface area contributed by atoms with Gasteiger partial charge in [-0.05, 0) is 42.5 Å². The summed E-state index contributed by atoms with van der Waals surface area (Å²) in [5.41, 5.74) is 4.97. The first kappa shape index (κ1) is 16.8. The summed E-state index contributed by atoms with van der Waals surface area (Å²) in [5.74, 6) is 0.162. The Hall–Kier alpha value is -2.68. The zero-order valence-electron chi connectivity index (χ0n) is 15.1. The summed E-state index contributed by atoms with van der Waals surface area (Å²) in [6, 6.07) is 18.1. The molecule has 3 heteroatoms. The lowest BCUT2D eigenvalue weighted by Gasteiger charge is -2.38. The Bertz CT molecular complexity index is 865. The second-order valence-electron chi connectivity index (χ2n) is 7.05. The van der Waals surface area contributed by atoms with Crippen LogP contribution in [0, 0.1) is 0 Å². The molecule has 1 amide bonds. The second kappa shape index (κ2) is 6.91. The first-order valence-corrected chi connectivity index (χ1v) is 9.42. The fraction of sp³-hybridized carbons (Fsp3) is 0.304. The number of anilines is 1. The lowest BCUT2D eigenvalue weighted by atomic mass is 9.77. The molecule has 2 aromatic rings. The predicted molar refractivity (Wildman–Crippen MR) is 103 cm³/mol. The van der Waals surface area contributed by atoms with Crippen molar-refractivity contribution in [2.75, 3.05) is 4.90 Å². The van der Waals surface area contributed by atoms with E-state index in [0.717, 1.165) is 41.8 Å². The maximum atomic E-state index is 13.0. The molecular weight excluding hydrogens is 322 g/mol. The van der Waals surface area contributed by atoms with Crippen LogP contribution in [0.25, 0.3) is 0 Å². The highest BCUT2D eigenvalue weighted by Gasteiger charge is 2.39. The van der Waals surface area contributed by atoms with Crippen LogP contribution in [-0.4, -0.2) is 11.7 Å². The fourth-order valence-electron chi connectivity index (χ4n) is 4.14. The van der Waals surface area contributed by atoms with Gasteiger partial charge in [-0.1, -0.05) is 49.4 Å². The second-order valence-corrected chi connectivity index (χ2v) is 7.05. The van der Waals surface area contributed by atoms with Crippen LogP contribution in [0.15, 0.2) is 65.9 Å². The highest BCUT2D eigenvalue weighted by atomic mass is 16.2. The molecule has 0 radical (unpaired) electrons. The van der Waals surface area contributed by atoms with Crippen molar-refractivity contribution in [2.24, 2.45) is 0 Å². The third-order valence-electron chi connectivity index (χ3n) is 5.48. The molecule has 2 aromatic carbocycles. The van der Waals surface area contributed by atoms with Crippen molar-refractivity contribution < 1.29 is 9.59 Å². The minimum absolute atomic E-state index is 0.0780. The molecule has 26 heavy (non-hydrogen) atoms. The Morgan fingerprint density at radius 2 is 1.69 bits per heavy atom. The van der Waals surface area contributed by atoms with E-state index in [4.69, 9.17) is 0 Å². The van der Waals surface area contributed by atoms with Gasteiger partial charge in [0.05, 0.1) is 0 Å². The van der Waals surface area contributed by atoms with Crippen molar-refractivity contribution in [2.45, 2.75) is 44.9 Å². The van der Waals surface area contributed by atoms with E-state index in [1.54, 1.807) is 4.90 Å². The van der Waals surface area contributed by atoms with E-state index in [2.05, 4.69) is 31.2 Å². The molecule has 0 fully saturated rings. The van der Waals surface area contributed by atoms with Crippen LogP contribution in [-0.2, 0) is 16.0 Å². The molecular formula is C23H23NO2. The topological polar surface area (TPSA) is 37.4 Å². The molecule has 4 rings (SSSR count). The van der Waals surface area contributed by atoms with E-state index in [1.807, 2.05) is 30.3 Å². The van der Waals surface area contributed by atoms with Gasteiger partial charge in [-0.3, -0.25) is 14.5 Å². The van der Waals surface area contributed by atoms with Crippen LogP contribution in [0.2, 0.25) is 0 Å². The van der Waals surface area contributed by atoms with Crippen LogP contribution in [0.5, 0.6) is 0 Å². The van der Waals surface area contributed by atoms with Crippen molar-refractivity contribution in [3.63, 3.8) is 0 Å². The molecule has 2 aliphatic rings. The van der Waals surface area contributed by atoms with Gasteiger partial charge < -0.3 is 0 Å². The summed E-state index contributed by atoms with van der Waals surface area (Å²) < 4.78 is 0. The molecule has 0 saturated heterocycles. The number of benzene rings is 2. The summed E-state index contributed by atoms with van der Waals surface area (Å²) in [6.45, 7) is 2.13. The molecule has 0 saturated carbocycles. The number of carbonyl (C=O) groups excluding carboxylic acids is 2. The van der Waals surface area contributed by atoms with E-state index >= 15 is 0 Å². The van der Waals surface area contributed by atoms with Crippen molar-refractivity contribution in [3.8, 4) is 0 Å². The Morgan fingerprint density at radius 1 is 0.962 bits per heavy atom. The molecule has 1 aliphatic heterocycles. The maximum absolute atomic E-state index is 13.0. The first-order valence-electron chi connectivity index (χ1n) is 9.42. The van der Waals surface area contributed by atoms with Crippen molar-refractivity contribution >= 4 is 17.4 Å². The smallest absolute Gasteiger partial charge is 0.232 e. The number of Topliss-reactive ketones (excluding diaryl/α,β-unsaturated/α-hetero) is 1. The highest BCUT2D eigenvalue weighted by molar-refractivity contribution is 6.07. The number of amides is 1. The number of nitrogens with zero attached hydrogens (tertiary/aromatic N) is 1. The van der Waals surface area contributed by atoms with Crippen LogP contribution in [0.1, 0.15) is 49.7 Å². The Balaban J connectivity index is 1.82. The van der Waals surface area contributed by atoms with Crippen LogP contribution < -0.4 is 4.90 Å². The molecule has 1 unspecified atom stereocenters. The largest absolute Gasteiger partial charge is 0.294 e. The number of carbonyl (C=O) groups is 2. The van der Waals surface area contributed by atoms with Crippen molar-refractivity contribution in [1.29, 1.82) is 0 Å². The maximum Gasteiger partial charge on any atom is 0.232 e. The average molecular weight is 345 g/mol. The van der Waals surface area contributed by atoms with Crippen LogP contribution >= 0.6 is 0 Å². The number of hydrogen-bond donors (Lipinski definition) is 0. The van der Waals surface area contributed by atoms with E-state index in [1.165, 1.54) is 5.56 Å². The number of hydrogen-bond acceptors (Lipinski definition) is 2. The monoisotopic (exact) mass is 345 g/mol. The average Bonchev–Trinajstić information content (AvgIpc) is 2.68. The first-order chi connectivity index (χ1) is 12.7. The Labute approximate surface area is 154 Å². The molecule has 0 bridgehead atoms. The molecule has 3 nitrogen and oxygen atoms in total. The van der Waals surface area contributed by atoms with Gasteiger partial charge in [-0.2, -0.15) is 0 Å². The minimum Gasteiger partial charge on any atom is -0.294 e. The van der Waals surface area contributed by atoms with Crippen LogP contribution in [0.4, 0.5) is 5.69 Å². The van der Waals surface area contributed by atoms with Gasteiger partial charge >= 0.3 is 0 Å². The number of para-hydroxylation sites is 1. The van der Waals surface area contributed by atoms with Gasteiger partial charge in [-0.25, -0.2) is 0 Å². The minimum atomic E-state index is -0.115. The summed E-state index contributed by atoms with van der Waals surface area (Å²) in [6.07, 6.45) is 3.52. The number of ketones is 1. The standard InChI is InChI=1S/C23H23NO2/c1-2-16-11-13-17(14-12-16)19-15-22(26)24(18-7-4-3-5-8-18)20-9-6-10-21(25)23(19)20/h3-5,7-8,11-14,19H,2,6,9-10,15H2,1H3. The van der Waals surface area contributed by atoms with Gasteiger partial charge in [0.25, 0.3) is 0 Å². The lowest BCUT2D eigenvalue weighted by Crippen LogP contribution is -2.40. The fourth-order valence-corrected chi connectivity index (χ4v) is 4.14. The molecule has 0 spiro atoms. The number of allylic oxidation sites excluding steroid dienone is 2.